The van der Waals surface area contributed by atoms with Gasteiger partial charge in [0.15, 0.2) is 5.82 Å². The van der Waals surface area contributed by atoms with Crippen molar-refractivity contribution in [2.75, 3.05) is 36.5 Å². The number of nitrogens with zero attached hydrogens (tertiary/aromatic N) is 3. The number of aromatic nitrogens is 3. The van der Waals surface area contributed by atoms with E-state index < -0.39 is 0 Å². The second kappa shape index (κ2) is 6.39. The van der Waals surface area contributed by atoms with E-state index in [0.717, 1.165) is 42.7 Å². The molecule has 1 aliphatic heterocycles. The van der Waals surface area contributed by atoms with Gasteiger partial charge in [0.25, 0.3) is 0 Å². The lowest BCUT2D eigenvalue weighted by molar-refractivity contribution is 0.122. The van der Waals surface area contributed by atoms with Gasteiger partial charge in [-0.05, 0) is 35.7 Å². The Labute approximate surface area is 138 Å². The van der Waals surface area contributed by atoms with Crippen molar-refractivity contribution in [2.45, 2.75) is 0 Å². The van der Waals surface area contributed by atoms with Gasteiger partial charge in [-0.2, -0.15) is 4.98 Å². The fraction of sp³-hybridized carbons (Fsp3) is 0.250. The molecule has 0 unspecified atom stereocenters. The van der Waals surface area contributed by atoms with E-state index in [1.54, 1.807) is 11.3 Å². The van der Waals surface area contributed by atoms with Gasteiger partial charge in [0.05, 0.1) is 18.1 Å². The average Bonchev–Trinajstić information content (AvgIpc) is 3.28. The van der Waals surface area contributed by atoms with Gasteiger partial charge in [-0.3, -0.25) is 5.10 Å². The molecule has 6 nitrogen and oxygen atoms in total. The summed E-state index contributed by atoms with van der Waals surface area (Å²) < 4.78 is 5.38. The number of nitrogens with one attached hydrogen (secondary N) is 2. The molecule has 0 radical (unpaired) electrons. The van der Waals surface area contributed by atoms with E-state index in [-0.39, 0.29) is 0 Å². The summed E-state index contributed by atoms with van der Waals surface area (Å²) in [6, 6.07) is 12.3. The number of hydrogen-bond acceptors (Lipinski definition) is 6. The minimum Gasteiger partial charge on any atom is -0.378 e. The lowest BCUT2D eigenvalue weighted by Crippen LogP contribution is -2.36. The van der Waals surface area contributed by atoms with E-state index in [4.69, 9.17) is 4.74 Å². The molecule has 0 spiro atoms. The molecule has 2 N–H and O–H groups in total. The molecule has 7 heteroatoms. The lowest BCUT2D eigenvalue weighted by atomic mass is 10.2. The Balaban J connectivity index is 1.44. The van der Waals surface area contributed by atoms with E-state index in [2.05, 4.69) is 37.5 Å². The molecule has 1 saturated heterocycles. The summed E-state index contributed by atoms with van der Waals surface area (Å²) in [5.41, 5.74) is 2.19. The highest BCUT2D eigenvalue weighted by atomic mass is 32.1. The Morgan fingerprint density at radius 1 is 1.13 bits per heavy atom. The smallest absolute Gasteiger partial charge is 0.246 e. The molecule has 0 amide bonds. The van der Waals surface area contributed by atoms with Crippen LogP contribution in [0.3, 0.4) is 0 Å². The Hall–Kier alpha value is -2.38. The molecule has 2 aromatic heterocycles. The van der Waals surface area contributed by atoms with Gasteiger partial charge in [-0.25, -0.2) is 0 Å². The highest BCUT2D eigenvalue weighted by molar-refractivity contribution is 7.13. The molecule has 0 saturated carbocycles. The molecule has 0 bridgehead atoms. The third-order valence-electron chi connectivity index (χ3n) is 3.74. The van der Waals surface area contributed by atoms with Crippen LogP contribution in [0.2, 0.25) is 0 Å². The molecular formula is C16H17N5OS. The number of anilines is 3. The van der Waals surface area contributed by atoms with Crippen molar-refractivity contribution in [1.82, 2.24) is 15.2 Å². The molecule has 0 atom stereocenters. The van der Waals surface area contributed by atoms with Crippen LogP contribution < -0.4 is 10.2 Å². The van der Waals surface area contributed by atoms with Crippen LogP contribution in [0.5, 0.6) is 0 Å². The summed E-state index contributed by atoms with van der Waals surface area (Å²) in [6.45, 7) is 3.47. The van der Waals surface area contributed by atoms with Crippen LogP contribution in [0.1, 0.15) is 0 Å². The first-order chi connectivity index (χ1) is 11.4. The normalized spacial score (nSPS) is 14.9. The summed E-state index contributed by atoms with van der Waals surface area (Å²) in [7, 11) is 0. The number of benzene rings is 1. The van der Waals surface area contributed by atoms with Crippen molar-refractivity contribution in [1.29, 1.82) is 0 Å². The first-order valence-corrected chi connectivity index (χ1v) is 8.42. The summed E-state index contributed by atoms with van der Waals surface area (Å²) in [5.74, 6) is 1.36. The van der Waals surface area contributed by atoms with Crippen LogP contribution >= 0.6 is 11.3 Å². The molecule has 23 heavy (non-hydrogen) atoms. The predicted molar refractivity (Wildman–Crippen MR) is 92.5 cm³/mol. The maximum absolute atomic E-state index is 5.38. The zero-order valence-electron chi connectivity index (χ0n) is 12.5. The van der Waals surface area contributed by atoms with Crippen molar-refractivity contribution >= 4 is 28.7 Å². The number of H-pyrrole nitrogens is 1. The van der Waals surface area contributed by atoms with E-state index in [0.29, 0.717) is 5.95 Å². The van der Waals surface area contributed by atoms with Crippen LogP contribution in [0.15, 0.2) is 41.8 Å². The number of thiophene rings is 1. The van der Waals surface area contributed by atoms with Gasteiger partial charge in [0, 0.05) is 24.5 Å². The second-order valence-corrected chi connectivity index (χ2v) is 6.20. The number of ether oxygens (including phenoxy) is 1. The Morgan fingerprint density at radius 3 is 2.70 bits per heavy atom. The highest BCUT2D eigenvalue weighted by Crippen LogP contribution is 2.24. The number of rotatable bonds is 4. The largest absolute Gasteiger partial charge is 0.378 e. The summed E-state index contributed by atoms with van der Waals surface area (Å²) in [6.07, 6.45) is 0. The maximum Gasteiger partial charge on any atom is 0.246 e. The minimum atomic E-state index is 0.576. The first kappa shape index (κ1) is 14.2. The van der Waals surface area contributed by atoms with Crippen LogP contribution in [0, 0.1) is 0 Å². The van der Waals surface area contributed by atoms with Gasteiger partial charge < -0.3 is 15.0 Å². The monoisotopic (exact) mass is 327 g/mol. The maximum atomic E-state index is 5.38. The van der Waals surface area contributed by atoms with Crippen LogP contribution in [-0.2, 0) is 4.74 Å². The molecule has 3 heterocycles. The Kier molecular flexibility index (Phi) is 3.95. The Morgan fingerprint density at radius 2 is 1.96 bits per heavy atom. The van der Waals surface area contributed by atoms with Gasteiger partial charge in [0.1, 0.15) is 0 Å². The molecule has 118 valence electrons. The average molecular weight is 327 g/mol. The fourth-order valence-electron chi connectivity index (χ4n) is 2.55. The SMILES string of the molecule is c1csc(-c2nc(Nc3ccc(N4CCOCC4)cc3)n[nH]2)c1. The first-order valence-electron chi connectivity index (χ1n) is 7.54. The molecule has 4 rings (SSSR count). The third-order valence-corrected chi connectivity index (χ3v) is 4.62. The lowest BCUT2D eigenvalue weighted by Gasteiger charge is -2.28. The molecule has 3 aromatic rings. The van der Waals surface area contributed by atoms with Crippen molar-refractivity contribution in [3.05, 3.63) is 41.8 Å². The van der Waals surface area contributed by atoms with Crippen molar-refractivity contribution in [3.8, 4) is 10.7 Å². The zero-order valence-corrected chi connectivity index (χ0v) is 13.3. The topological polar surface area (TPSA) is 66.1 Å². The second-order valence-electron chi connectivity index (χ2n) is 5.26. The third kappa shape index (κ3) is 3.20. The van der Waals surface area contributed by atoms with Crippen LogP contribution in [0.25, 0.3) is 10.7 Å². The molecular weight excluding hydrogens is 310 g/mol. The zero-order chi connectivity index (χ0) is 15.5. The molecule has 1 aliphatic rings. The summed E-state index contributed by atoms with van der Waals surface area (Å²) >= 11 is 1.64. The van der Waals surface area contributed by atoms with E-state index in [1.165, 1.54) is 5.69 Å². The quantitative estimate of drug-likeness (QED) is 0.771. The van der Waals surface area contributed by atoms with Crippen LogP contribution in [-0.4, -0.2) is 41.5 Å². The number of morpholine rings is 1. The van der Waals surface area contributed by atoms with E-state index in [9.17, 15) is 0 Å². The van der Waals surface area contributed by atoms with Crippen molar-refractivity contribution in [3.63, 3.8) is 0 Å². The summed E-state index contributed by atoms with van der Waals surface area (Å²) in [5, 5.41) is 12.4. The van der Waals surface area contributed by atoms with Gasteiger partial charge in [0.2, 0.25) is 5.95 Å². The molecule has 1 aromatic carbocycles. The highest BCUT2D eigenvalue weighted by Gasteiger charge is 2.11. The minimum absolute atomic E-state index is 0.576. The van der Waals surface area contributed by atoms with Gasteiger partial charge in [-0.15, -0.1) is 16.4 Å². The number of aromatic amines is 1. The molecule has 0 aliphatic carbocycles. The van der Waals surface area contributed by atoms with Gasteiger partial charge >= 0.3 is 0 Å². The number of hydrogen-bond donors (Lipinski definition) is 2. The Bertz CT molecular complexity index is 747. The predicted octanol–water partition coefficient (Wildman–Crippen LogP) is 3.11. The van der Waals surface area contributed by atoms with E-state index >= 15 is 0 Å². The fourth-order valence-corrected chi connectivity index (χ4v) is 3.21. The van der Waals surface area contributed by atoms with Gasteiger partial charge in [-0.1, -0.05) is 6.07 Å². The van der Waals surface area contributed by atoms with Crippen molar-refractivity contribution < 1.29 is 4.74 Å². The molecule has 1 fully saturated rings. The summed E-state index contributed by atoms with van der Waals surface area (Å²) in [4.78, 5) is 7.87. The van der Waals surface area contributed by atoms with Crippen molar-refractivity contribution in [2.24, 2.45) is 0 Å². The van der Waals surface area contributed by atoms with Crippen LogP contribution in [0.4, 0.5) is 17.3 Å². The standard InChI is InChI=1S/C16H17N5OS/c1-2-14(23-11-1)15-18-16(20-19-15)17-12-3-5-13(6-4-12)21-7-9-22-10-8-21/h1-6,11H,7-10H2,(H2,17,18,19,20). The van der Waals surface area contributed by atoms with E-state index in [1.807, 2.05) is 29.6 Å².